The fourth-order valence-electron chi connectivity index (χ4n) is 2.69. The highest BCUT2D eigenvalue weighted by atomic mass is 16.3. The summed E-state index contributed by atoms with van der Waals surface area (Å²) >= 11 is 0. The molecular weight excluding hydrogens is 300 g/mol. The Hall–Kier alpha value is -3.47. The first kappa shape index (κ1) is 14.1. The smallest absolute Gasteiger partial charge is 0.176 e. The Kier molecular flexibility index (Phi) is 3.51. The molecule has 0 saturated heterocycles. The zero-order valence-corrected chi connectivity index (χ0v) is 12.7. The Labute approximate surface area is 138 Å². The Morgan fingerprint density at radius 2 is 1.62 bits per heavy atom. The maximum atomic E-state index is 10.1. The molecule has 1 aromatic heterocycles. The van der Waals surface area contributed by atoms with Crippen molar-refractivity contribution < 1.29 is 5.11 Å². The van der Waals surface area contributed by atoms with E-state index < -0.39 is 0 Å². The van der Waals surface area contributed by atoms with Gasteiger partial charge in [-0.1, -0.05) is 54.6 Å². The van der Waals surface area contributed by atoms with Crippen molar-refractivity contribution in [3.05, 3.63) is 72.4 Å². The number of phenols is 1. The van der Waals surface area contributed by atoms with E-state index in [1.54, 1.807) is 18.5 Å². The van der Waals surface area contributed by atoms with Crippen LogP contribution in [0, 0.1) is 0 Å². The molecule has 0 aliphatic carbocycles. The molecule has 0 amide bonds. The summed E-state index contributed by atoms with van der Waals surface area (Å²) < 4.78 is 0. The molecule has 4 aromatic rings. The van der Waals surface area contributed by atoms with Crippen LogP contribution in [0.1, 0.15) is 5.56 Å². The lowest BCUT2D eigenvalue weighted by Gasteiger charge is -2.05. The molecule has 0 fully saturated rings. The summed E-state index contributed by atoms with van der Waals surface area (Å²) in [7, 11) is 0. The first-order valence-corrected chi connectivity index (χ1v) is 7.53. The van der Waals surface area contributed by atoms with Gasteiger partial charge in [0.15, 0.2) is 5.82 Å². The number of rotatable bonds is 3. The number of nitrogens with one attached hydrogen (secondary N) is 1. The van der Waals surface area contributed by atoms with Crippen molar-refractivity contribution in [1.82, 2.24) is 10.2 Å². The van der Waals surface area contributed by atoms with Crippen LogP contribution in [-0.4, -0.2) is 21.5 Å². The van der Waals surface area contributed by atoms with Gasteiger partial charge in [0, 0.05) is 16.3 Å². The number of benzene rings is 3. The van der Waals surface area contributed by atoms with Gasteiger partial charge in [-0.15, -0.1) is 5.10 Å². The van der Waals surface area contributed by atoms with Crippen molar-refractivity contribution in [2.24, 2.45) is 5.10 Å². The molecular formula is C19H14N4O. The van der Waals surface area contributed by atoms with Crippen molar-refractivity contribution in [2.75, 3.05) is 5.43 Å². The summed E-state index contributed by atoms with van der Waals surface area (Å²) in [4.78, 5) is 0. The normalized spacial score (nSPS) is 11.3. The number of hydrazone groups is 1. The Morgan fingerprint density at radius 3 is 2.50 bits per heavy atom. The van der Waals surface area contributed by atoms with Crippen LogP contribution in [0.2, 0.25) is 0 Å². The molecule has 5 heteroatoms. The highest BCUT2D eigenvalue weighted by molar-refractivity contribution is 6.02. The molecule has 5 nitrogen and oxygen atoms in total. The topological polar surface area (TPSA) is 70.4 Å². The maximum Gasteiger partial charge on any atom is 0.176 e. The molecule has 0 aliphatic rings. The maximum absolute atomic E-state index is 10.1. The molecule has 0 saturated carbocycles. The molecule has 0 radical (unpaired) electrons. The zero-order chi connectivity index (χ0) is 16.4. The van der Waals surface area contributed by atoms with E-state index >= 15 is 0 Å². The summed E-state index contributed by atoms with van der Waals surface area (Å²) in [5.41, 5.74) is 3.57. The van der Waals surface area contributed by atoms with Gasteiger partial charge in [0.1, 0.15) is 5.75 Å². The van der Waals surface area contributed by atoms with E-state index in [1.165, 1.54) is 0 Å². The van der Waals surface area contributed by atoms with Crippen LogP contribution in [-0.2, 0) is 0 Å². The third kappa shape index (κ3) is 2.52. The molecule has 0 unspecified atom stereocenters. The second-order valence-electron chi connectivity index (χ2n) is 5.37. The second-order valence-corrected chi connectivity index (χ2v) is 5.37. The standard InChI is InChI=1S/C19H14N4O/c24-18-10-9-13-5-1-3-7-15(13)17(18)12-21-23-19-16-8-4-2-6-14(16)11-20-22-19/h1-12,24H,(H,22,23)/b21-12-. The van der Waals surface area contributed by atoms with Gasteiger partial charge < -0.3 is 5.11 Å². The molecule has 0 spiro atoms. The predicted octanol–water partition coefficient (Wildman–Crippen LogP) is 3.93. The van der Waals surface area contributed by atoms with Gasteiger partial charge in [-0.05, 0) is 16.8 Å². The number of hydrogen-bond acceptors (Lipinski definition) is 5. The Bertz CT molecular complexity index is 1050. The van der Waals surface area contributed by atoms with Gasteiger partial charge >= 0.3 is 0 Å². The van der Waals surface area contributed by atoms with Gasteiger partial charge in [-0.2, -0.15) is 10.2 Å². The molecule has 0 bridgehead atoms. The van der Waals surface area contributed by atoms with Crippen molar-refractivity contribution in [2.45, 2.75) is 0 Å². The molecule has 116 valence electrons. The molecule has 1 heterocycles. The van der Waals surface area contributed by atoms with Crippen molar-refractivity contribution >= 4 is 33.6 Å². The predicted molar refractivity (Wildman–Crippen MR) is 96.4 cm³/mol. The lowest BCUT2D eigenvalue weighted by molar-refractivity contribution is 0.475. The van der Waals surface area contributed by atoms with Gasteiger partial charge in [0.05, 0.1) is 12.4 Å². The van der Waals surface area contributed by atoms with Crippen LogP contribution in [0.15, 0.2) is 72.0 Å². The number of anilines is 1. The minimum Gasteiger partial charge on any atom is -0.507 e. The van der Waals surface area contributed by atoms with E-state index in [-0.39, 0.29) is 5.75 Å². The van der Waals surface area contributed by atoms with Crippen LogP contribution >= 0.6 is 0 Å². The molecule has 0 aliphatic heterocycles. The summed E-state index contributed by atoms with van der Waals surface area (Å²) in [5.74, 6) is 0.757. The van der Waals surface area contributed by atoms with E-state index in [4.69, 9.17) is 0 Å². The van der Waals surface area contributed by atoms with Gasteiger partial charge in [0.2, 0.25) is 0 Å². The minimum absolute atomic E-state index is 0.184. The van der Waals surface area contributed by atoms with E-state index in [1.807, 2.05) is 54.6 Å². The summed E-state index contributed by atoms with van der Waals surface area (Å²) in [6, 6.07) is 19.2. The van der Waals surface area contributed by atoms with E-state index in [0.717, 1.165) is 21.5 Å². The summed E-state index contributed by atoms with van der Waals surface area (Å²) in [5, 5.41) is 26.3. The van der Waals surface area contributed by atoms with Gasteiger partial charge in [0.25, 0.3) is 0 Å². The molecule has 24 heavy (non-hydrogen) atoms. The molecule has 0 atom stereocenters. The van der Waals surface area contributed by atoms with Gasteiger partial charge in [-0.25, -0.2) is 0 Å². The average Bonchev–Trinajstić information content (AvgIpc) is 2.64. The van der Waals surface area contributed by atoms with Gasteiger partial charge in [-0.3, -0.25) is 5.43 Å². The number of nitrogens with zero attached hydrogens (tertiary/aromatic N) is 3. The monoisotopic (exact) mass is 314 g/mol. The van der Waals surface area contributed by atoms with E-state index in [0.29, 0.717) is 11.4 Å². The average molecular weight is 314 g/mol. The lowest BCUT2D eigenvalue weighted by atomic mass is 10.0. The first-order chi connectivity index (χ1) is 11.8. The molecule has 4 rings (SSSR count). The second kappa shape index (κ2) is 5.96. The van der Waals surface area contributed by atoms with Crippen LogP contribution < -0.4 is 5.43 Å². The number of aromatic nitrogens is 2. The Balaban J connectivity index is 1.70. The van der Waals surface area contributed by atoms with E-state index in [9.17, 15) is 5.11 Å². The SMILES string of the molecule is Oc1ccc2ccccc2c1/C=N\Nc1nncc2ccccc12. The quantitative estimate of drug-likeness (QED) is 0.444. The number of fused-ring (bicyclic) bond motifs is 2. The third-order valence-electron chi connectivity index (χ3n) is 3.88. The summed E-state index contributed by atoms with van der Waals surface area (Å²) in [6.45, 7) is 0. The highest BCUT2D eigenvalue weighted by Crippen LogP contribution is 2.25. The van der Waals surface area contributed by atoms with Crippen molar-refractivity contribution in [3.8, 4) is 5.75 Å². The number of phenolic OH excluding ortho intramolecular Hbond substituents is 1. The third-order valence-corrected chi connectivity index (χ3v) is 3.88. The zero-order valence-electron chi connectivity index (χ0n) is 12.7. The highest BCUT2D eigenvalue weighted by Gasteiger charge is 2.05. The van der Waals surface area contributed by atoms with Crippen LogP contribution in [0.3, 0.4) is 0 Å². The summed E-state index contributed by atoms with van der Waals surface area (Å²) in [6.07, 6.45) is 3.31. The van der Waals surface area contributed by atoms with Crippen LogP contribution in [0.5, 0.6) is 5.75 Å². The molecule has 2 N–H and O–H groups in total. The number of aromatic hydroxyl groups is 1. The molecule has 3 aromatic carbocycles. The van der Waals surface area contributed by atoms with Crippen LogP contribution in [0.25, 0.3) is 21.5 Å². The lowest BCUT2D eigenvalue weighted by Crippen LogP contribution is -1.97. The minimum atomic E-state index is 0.184. The largest absolute Gasteiger partial charge is 0.507 e. The van der Waals surface area contributed by atoms with E-state index in [2.05, 4.69) is 20.7 Å². The number of hydrogen-bond donors (Lipinski definition) is 2. The van der Waals surface area contributed by atoms with Crippen molar-refractivity contribution in [1.29, 1.82) is 0 Å². The fraction of sp³-hybridized carbons (Fsp3) is 0. The first-order valence-electron chi connectivity index (χ1n) is 7.53. The fourth-order valence-corrected chi connectivity index (χ4v) is 2.69. The van der Waals surface area contributed by atoms with Crippen LogP contribution in [0.4, 0.5) is 5.82 Å². The Morgan fingerprint density at radius 1 is 0.875 bits per heavy atom. The van der Waals surface area contributed by atoms with Crippen molar-refractivity contribution in [3.63, 3.8) is 0 Å².